The second kappa shape index (κ2) is 11.3. The molecule has 0 N–H and O–H groups in total. The molecule has 52 heavy (non-hydrogen) atoms. The van der Waals surface area contributed by atoms with E-state index in [4.69, 9.17) is 0 Å². The van der Waals surface area contributed by atoms with Crippen molar-refractivity contribution in [3.8, 4) is 66.8 Å². The third-order valence-electron chi connectivity index (χ3n) is 12.1. The molecule has 248 valence electrons. The number of benzene rings is 8. The molecule has 2 aliphatic rings. The summed E-state index contributed by atoms with van der Waals surface area (Å²) in [7, 11) is 0. The van der Waals surface area contributed by atoms with Crippen LogP contribution in [0.5, 0.6) is 0 Å². The van der Waals surface area contributed by atoms with Crippen molar-refractivity contribution in [3.05, 3.63) is 192 Å². The summed E-state index contributed by atoms with van der Waals surface area (Å²) >= 11 is 0. The summed E-state index contributed by atoms with van der Waals surface area (Å²) < 4.78 is 0. The van der Waals surface area contributed by atoms with Gasteiger partial charge in [0.1, 0.15) is 0 Å². The van der Waals surface area contributed by atoms with Crippen LogP contribution in [0.3, 0.4) is 0 Å². The molecule has 2 aliphatic carbocycles. The number of rotatable bonds is 4. The van der Waals surface area contributed by atoms with Crippen LogP contribution >= 0.6 is 0 Å². The van der Waals surface area contributed by atoms with Crippen molar-refractivity contribution in [1.29, 1.82) is 0 Å². The summed E-state index contributed by atoms with van der Waals surface area (Å²) in [6.07, 6.45) is 0. The Balaban J connectivity index is 0.913. The van der Waals surface area contributed by atoms with Crippen molar-refractivity contribution in [2.45, 2.75) is 38.5 Å². The third kappa shape index (κ3) is 4.67. The van der Waals surface area contributed by atoms with Crippen LogP contribution in [0.15, 0.2) is 170 Å². The molecule has 0 saturated heterocycles. The van der Waals surface area contributed by atoms with Crippen molar-refractivity contribution in [2.24, 2.45) is 0 Å². The molecular formula is C52H40. The molecule has 0 atom stereocenters. The van der Waals surface area contributed by atoms with Gasteiger partial charge in [0.25, 0.3) is 0 Å². The number of hydrogen-bond acceptors (Lipinski definition) is 0. The summed E-state index contributed by atoms with van der Waals surface area (Å²) in [6.45, 7) is 9.39. The highest BCUT2D eigenvalue weighted by Crippen LogP contribution is 2.51. The molecule has 0 aromatic heterocycles. The first kappa shape index (κ1) is 30.8. The van der Waals surface area contributed by atoms with Crippen molar-refractivity contribution < 1.29 is 0 Å². The Hall–Kier alpha value is -5.98. The zero-order chi connectivity index (χ0) is 35.2. The molecular weight excluding hydrogens is 625 g/mol. The van der Waals surface area contributed by atoms with Gasteiger partial charge < -0.3 is 0 Å². The van der Waals surface area contributed by atoms with Crippen LogP contribution in [0.2, 0.25) is 0 Å². The monoisotopic (exact) mass is 664 g/mol. The molecule has 0 heterocycles. The highest BCUT2D eigenvalue weighted by atomic mass is 14.4. The molecule has 10 rings (SSSR count). The second-order valence-electron chi connectivity index (χ2n) is 15.8. The molecule has 0 bridgehead atoms. The largest absolute Gasteiger partial charge is 0.0619 e. The molecule has 0 fully saturated rings. The fourth-order valence-electron chi connectivity index (χ4n) is 9.08. The van der Waals surface area contributed by atoms with E-state index in [1.807, 2.05) is 0 Å². The van der Waals surface area contributed by atoms with Crippen LogP contribution in [0.1, 0.15) is 49.9 Å². The van der Waals surface area contributed by atoms with Crippen LogP contribution in [0.25, 0.3) is 77.5 Å². The van der Waals surface area contributed by atoms with E-state index in [-0.39, 0.29) is 10.8 Å². The van der Waals surface area contributed by atoms with Crippen molar-refractivity contribution in [3.63, 3.8) is 0 Å². The molecule has 0 amide bonds. The van der Waals surface area contributed by atoms with Gasteiger partial charge in [-0.15, -0.1) is 0 Å². The lowest BCUT2D eigenvalue weighted by Gasteiger charge is -2.22. The van der Waals surface area contributed by atoms with Gasteiger partial charge in [-0.25, -0.2) is 0 Å². The Labute approximate surface area is 307 Å². The van der Waals surface area contributed by atoms with Crippen molar-refractivity contribution >= 4 is 10.8 Å². The van der Waals surface area contributed by atoms with Crippen molar-refractivity contribution in [1.82, 2.24) is 0 Å². The minimum absolute atomic E-state index is 0.00101. The van der Waals surface area contributed by atoms with E-state index in [0.717, 1.165) is 0 Å². The van der Waals surface area contributed by atoms with Crippen LogP contribution in [-0.2, 0) is 10.8 Å². The van der Waals surface area contributed by atoms with E-state index in [0.29, 0.717) is 0 Å². The first-order valence-electron chi connectivity index (χ1n) is 18.5. The smallest absolute Gasteiger partial charge is 0.0159 e. The molecule has 0 nitrogen and oxygen atoms in total. The zero-order valence-corrected chi connectivity index (χ0v) is 30.2. The van der Waals surface area contributed by atoms with E-state index in [1.165, 1.54) is 99.8 Å². The number of hydrogen-bond donors (Lipinski definition) is 0. The Morgan fingerprint density at radius 2 is 0.558 bits per heavy atom. The maximum atomic E-state index is 2.40. The van der Waals surface area contributed by atoms with Crippen molar-refractivity contribution in [2.75, 3.05) is 0 Å². The van der Waals surface area contributed by atoms with Gasteiger partial charge in [-0.1, -0.05) is 173 Å². The standard InChI is InChI=1S/C52H40/c1-51(2)47-11-7-5-9-43(47)45-27-25-40(31-49(45)51)35-17-13-33(14-18-35)38-23-21-37-22-24-39(30-42(37)29-38)34-15-19-36(20-16-34)41-26-28-46-44-10-6-8-12-48(44)52(3,4)50(46)32-41/h5-32H,1-4H3. The first-order valence-corrected chi connectivity index (χ1v) is 18.5. The highest BCUT2D eigenvalue weighted by Gasteiger charge is 2.36. The Kier molecular flexibility index (Phi) is 6.67. The molecule has 8 aromatic carbocycles. The molecule has 0 saturated carbocycles. The van der Waals surface area contributed by atoms with Crippen LogP contribution in [0.4, 0.5) is 0 Å². The average molecular weight is 665 g/mol. The highest BCUT2D eigenvalue weighted by molar-refractivity contribution is 5.92. The number of fused-ring (bicyclic) bond motifs is 7. The molecule has 0 aliphatic heterocycles. The zero-order valence-electron chi connectivity index (χ0n) is 30.2. The normalized spacial score (nSPS) is 14.5. The molecule has 0 heteroatoms. The van der Waals surface area contributed by atoms with Gasteiger partial charge in [0, 0.05) is 10.8 Å². The SMILES string of the molecule is CC1(C)c2ccccc2-c2ccc(-c3ccc(-c4ccc5ccc(-c6ccc(-c7ccc8c(c7)C(C)(C)c7ccccc7-8)cc6)cc5c4)cc3)cc21. The van der Waals surface area contributed by atoms with E-state index >= 15 is 0 Å². The molecule has 0 spiro atoms. The lowest BCUT2D eigenvalue weighted by molar-refractivity contribution is 0.660. The summed E-state index contributed by atoms with van der Waals surface area (Å²) in [5.74, 6) is 0. The van der Waals surface area contributed by atoms with Crippen LogP contribution < -0.4 is 0 Å². The quantitative estimate of drug-likeness (QED) is 0.176. The van der Waals surface area contributed by atoms with Gasteiger partial charge >= 0.3 is 0 Å². The Bertz CT molecular complexity index is 2520. The van der Waals surface area contributed by atoms with E-state index < -0.39 is 0 Å². The topological polar surface area (TPSA) is 0 Å². The van der Waals surface area contributed by atoms with E-state index in [2.05, 4.69) is 198 Å². The molecule has 0 radical (unpaired) electrons. The molecule has 8 aromatic rings. The van der Waals surface area contributed by atoms with Gasteiger partial charge in [-0.3, -0.25) is 0 Å². The van der Waals surface area contributed by atoms with E-state index in [1.54, 1.807) is 0 Å². The second-order valence-corrected chi connectivity index (χ2v) is 15.8. The summed E-state index contributed by atoms with van der Waals surface area (Å²) in [6, 6.07) is 63.5. The lowest BCUT2D eigenvalue weighted by atomic mass is 9.81. The summed E-state index contributed by atoms with van der Waals surface area (Å²) in [5.41, 5.74) is 21.1. The lowest BCUT2D eigenvalue weighted by Crippen LogP contribution is -2.14. The fourth-order valence-corrected chi connectivity index (χ4v) is 9.08. The van der Waals surface area contributed by atoms with Crippen LogP contribution in [0, 0.1) is 0 Å². The predicted molar refractivity (Wildman–Crippen MR) is 221 cm³/mol. The van der Waals surface area contributed by atoms with Gasteiger partial charge in [-0.05, 0) is 124 Å². The fraction of sp³-hybridized carbons (Fsp3) is 0.115. The maximum absolute atomic E-state index is 2.40. The third-order valence-corrected chi connectivity index (χ3v) is 12.1. The predicted octanol–water partition coefficient (Wildman–Crippen LogP) is 14.1. The average Bonchev–Trinajstić information content (AvgIpc) is 3.56. The Morgan fingerprint density at radius 1 is 0.250 bits per heavy atom. The minimum atomic E-state index is 0.00101. The van der Waals surface area contributed by atoms with Gasteiger partial charge in [0.2, 0.25) is 0 Å². The minimum Gasteiger partial charge on any atom is -0.0619 e. The Morgan fingerprint density at radius 3 is 0.962 bits per heavy atom. The first-order chi connectivity index (χ1) is 25.3. The van der Waals surface area contributed by atoms with Gasteiger partial charge in [0.05, 0.1) is 0 Å². The summed E-state index contributed by atoms with van der Waals surface area (Å²) in [4.78, 5) is 0. The molecule has 0 unspecified atom stereocenters. The summed E-state index contributed by atoms with van der Waals surface area (Å²) in [5, 5.41) is 2.51. The van der Waals surface area contributed by atoms with Crippen LogP contribution in [-0.4, -0.2) is 0 Å². The van der Waals surface area contributed by atoms with E-state index in [9.17, 15) is 0 Å². The maximum Gasteiger partial charge on any atom is 0.0159 e. The van der Waals surface area contributed by atoms with Gasteiger partial charge in [0.15, 0.2) is 0 Å². The van der Waals surface area contributed by atoms with Gasteiger partial charge in [-0.2, -0.15) is 0 Å².